The van der Waals surface area contributed by atoms with Crippen LogP contribution in [0.5, 0.6) is 11.5 Å². The van der Waals surface area contributed by atoms with Crippen LogP contribution in [-0.4, -0.2) is 86.7 Å². The zero-order valence-electron chi connectivity index (χ0n) is 14.4. The van der Waals surface area contributed by atoms with Crippen molar-refractivity contribution < 1.29 is 44.1 Å². The summed E-state index contributed by atoms with van der Waals surface area (Å²) in [4.78, 5) is 4.59. The average molecular weight is 393 g/mol. The van der Waals surface area contributed by atoms with Gasteiger partial charge in [0.1, 0.15) is 6.61 Å². The number of aliphatic hydroxyl groups excluding tert-OH is 1. The highest BCUT2D eigenvalue weighted by Crippen LogP contribution is 2.30. The lowest BCUT2D eigenvalue weighted by Gasteiger charge is -2.33. The van der Waals surface area contributed by atoms with E-state index in [0.29, 0.717) is 26.4 Å². The minimum absolute atomic E-state index is 0. The summed E-state index contributed by atoms with van der Waals surface area (Å²) < 4.78 is 17.1. The van der Waals surface area contributed by atoms with Crippen molar-refractivity contribution in [2.45, 2.75) is 12.2 Å². The van der Waals surface area contributed by atoms with Crippen LogP contribution in [0.4, 0.5) is 0 Å². The third-order valence-corrected chi connectivity index (χ3v) is 4.25. The standard InChI is InChI=1S/C17H26N2O4.2ClH/c1-18-6-8-19(9-7-18)10-14(20)11-21-12-15-13-22-16-4-2-3-5-17(16)23-15;;/h2-5,14-15,20H,6-13H2,1H3;2*1H/p-2. The molecule has 8 heteroatoms. The number of fused-ring (bicyclic) bond motifs is 1. The van der Waals surface area contributed by atoms with E-state index in [1.165, 1.54) is 0 Å². The van der Waals surface area contributed by atoms with Crippen LogP contribution < -0.4 is 34.3 Å². The van der Waals surface area contributed by atoms with Gasteiger partial charge in [-0.2, -0.15) is 0 Å². The summed E-state index contributed by atoms with van der Waals surface area (Å²) in [6.45, 7) is 6.01. The topological polar surface area (TPSA) is 54.4 Å². The maximum absolute atomic E-state index is 10.1. The molecule has 0 amide bonds. The fourth-order valence-corrected chi connectivity index (χ4v) is 2.86. The van der Waals surface area contributed by atoms with Gasteiger partial charge in [-0.25, -0.2) is 0 Å². The summed E-state index contributed by atoms with van der Waals surface area (Å²) in [5.74, 6) is 1.53. The largest absolute Gasteiger partial charge is 1.00 e. The molecule has 2 aliphatic rings. The van der Waals surface area contributed by atoms with Gasteiger partial charge in [0.15, 0.2) is 17.6 Å². The molecule has 1 aromatic rings. The second-order valence-corrected chi connectivity index (χ2v) is 6.29. The third-order valence-electron chi connectivity index (χ3n) is 4.25. The molecule has 2 heterocycles. The van der Waals surface area contributed by atoms with Crippen LogP contribution in [-0.2, 0) is 4.74 Å². The molecule has 0 aromatic heterocycles. The van der Waals surface area contributed by atoms with Gasteiger partial charge in [-0.1, -0.05) is 12.1 Å². The quantitative estimate of drug-likeness (QED) is 0.521. The first kappa shape index (κ1) is 22.3. The van der Waals surface area contributed by atoms with Gasteiger partial charge >= 0.3 is 0 Å². The minimum Gasteiger partial charge on any atom is -1.00 e. The number of hydrogen-bond acceptors (Lipinski definition) is 6. The molecular weight excluding hydrogens is 367 g/mol. The van der Waals surface area contributed by atoms with Crippen molar-refractivity contribution in [3.63, 3.8) is 0 Å². The normalized spacial score (nSPS) is 21.8. The fraction of sp³-hybridized carbons (Fsp3) is 0.647. The van der Waals surface area contributed by atoms with E-state index in [1.54, 1.807) is 0 Å². The van der Waals surface area contributed by atoms with Gasteiger partial charge < -0.3 is 49.0 Å². The SMILES string of the molecule is CN1CCN(CC(O)COCC2COc3ccccc3O2)CC1.[Cl-].[Cl-]. The number of aliphatic hydroxyl groups is 1. The van der Waals surface area contributed by atoms with E-state index in [4.69, 9.17) is 14.2 Å². The van der Waals surface area contributed by atoms with Crippen molar-refractivity contribution in [1.82, 2.24) is 9.80 Å². The Balaban J connectivity index is 0.00000156. The van der Waals surface area contributed by atoms with Gasteiger partial charge in [0, 0.05) is 32.7 Å². The van der Waals surface area contributed by atoms with Gasteiger partial charge in [-0.3, -0.25) is 4.90 Å². The maximum Gasteiger partial charge on any atom is 0.161 e. The molecule has 2 aliphatic heterocycles. The number of hydrogen-bond donors (Lipinski definition) is 1. The van der Waals surface area contributed by atoms with Crippen molar-refractivity contribution in [3.8, 4) is 11.5 Å². The molecule has 1 aromatic carbocycles. The van der Waals surface area contributed by atoms with Crippen LogP contribution in [0.1, 0.15) is 0 Å². The Morgan fingerprint density at radius 2 is 1.84 bits per heavy atom. The Hall–Kier alpha value is -0.760. The first-order valence-corrected chi connectivity index (χ1v) is 8.26. The van der Waals surface area contributed by atoms with Crippen LogP contribution in [0.15, 0.2) is 24.3 Å². The number of likely N-dealkylation sites (N-methyl/N-ethyl adjacent to an activating group) is 1. The molecule has 1 N–H and O–H groups in total. The highest BCUT2D eigenvalue weighted by molar-refractivity contribution is 5.40. The zero-order valence-corrected chi connectivity index (χ0v) is 16.0. The first-order chi connectivity index (χ1) is 11.2. The van der Waals surface area contributed by atoms with Crippen molar-refractivity contribution >= 4 is 0 Å². The molecule has 0 radical (unpaired) electrons. The van der Waals surface area contributed by atoms with Crippen molar-refractivity contribution in [2.24, 2.45) is 0 Å². The first-order valence-electron chi connectivity index (χ1n) is 8.26. The molecule has 1 saturated heterocycles. The van der Waals surface area contributed by atoms with Crippen molar-refractivity contribution in [3.05, 3.63) is 24.3 Å². The molecule has 25 heavy (non-hydrogen) atoms. The van der Waals surface area contributed by atoms with Crippen LogP contribution >= 0.6 is 0 Å². The lowest BCUT2D eigenvalue weighted by molar-refractivity contribution is -0.0315. The van der Waals surface area contributed by atoms with Gasteiger partial charge in [0.25, 0.3) is 0 Å². The zero-order chi connectivity index (χ0) is 16.1. The third kappa shape index (κ3) is 6.81. The Kier molecular flexibility index (Phi) is 9.86. The summed E-state index contributed by atoms with van der Waals surface area (Å²) in [6.07, 6.45) is -0.587. The monoisotopic (exact) mass is 392 g/mol. The Morgan fingerprint density at radius 3 is 2.56 bits per heavy atom. The smallest absolute Gasteiger partial charge is 0.161 e. The Labute approximate surface area is 161 Å². The van der Waals surface area contributed by atoms with Gasteiger partial charge in [-0.05, 0) is 19.2 Å². The second-order valence-electron chi connectivity index (χ2n) is 6.29. The Morgan fingerprint density at radius 1 is 1.16 bits per heavy atom. The van der Waals surface area contributed by atoms with Crippen LogP contribution in [0.2, 0.25) is 0 Å². The predicted octanol–water partition coefficient (Wildman–Crippen LogP) is -5.54. The number of ether oxygens (including phenoxy) is 3. The molecule has 0 bridgehead atoms. The minimum atomic E-state index is -0.463. The highest BCUT2D eigenvalue weighted by atomic mass is 35.5. The summed E-state index contributed by atoms with van der Waals surface area (Å²) in [7, 11) is 2.13. The number of rotatable bonds is 6. The van der Waals surface area contributed by atoms with E-state index in [-0.39, 0.29) is 30.9 Å². The summed E-state index contributed by atoms with van der Waals surface area (Å²) in [5.41, 5.74) is 0. The van der Waals surface area contributed by atoms with Crippen LogP contribution in [0.3, 0.4) is 0 Å². The molecule has 1 fully saturated rings. The lowest BCUT2D eigenvalue weighted by atomic mass is 10.2. The van der Waals surface area contributed by atoms with E-state index >= 15 is 0 Å². The molecule has 6 nitrogen and oxygen atoms in total. The molecule has 2 atom stereocenters. The number of halogens is 2. The number of para-hydroxylation sites is 2. The molecular formula is C17H26Cl2N2O4-2. The summed E-state index contributed by atoms with van der Waals surface area (Å²) >= 11 is 0. The van der Waals surface area contributed by atoms with Gasteiger partial charge in [0.05, 0.1) is 19.3 Å². The highest BCUT2D eigenvalue weighted by Gasteiger charge is 2.22. The number of β-amino-alcohol motifs (C(OH)–C–C–N with tert-alkyl or cyclic N) is 1. The average Bonchev–Trinajstić information content (AvgIpc) is 2.57. The second kappa shape index (κ2) is 11.1. The number of piperazine rings is 1. The molecule has 0 aliphatic carbocycles. The fourth-order valence-electron chi connectivity index (χ4n) is 2.86. The van der Waals surface area contributed by atoms with Crippen molar-refractivity contribution in [1.29, 1.82) is 0 Å². The maximum atomic E-state index is 10.1. The van der Waals surface area contributed by atoms with Crippen LogP contribution in [0, 0.1) is 0 Å². The van der Waals surface area contributed by atoms with E-state index in [1.807, 2.05) is 24.3 Å². The molecule has 144 valence electrons. The van der Waals surface area contributed by atoms with E-state index in [9.17, 15) is 5.11 Å². The lowest BCUT2D eigenvalue weighted by Crippen LogP contribution is -3.00. The molecule has 3 rings (SSSR count). The van der Waals surface area contributed by atoms with Crippen LogP contribution in [0.25, 0.3) is 0 Å². The van der Waals surface area contributed by atoms with E-state index in [0.717, 1.165) is 37.7 Å². The summed E-state index contributed by atoms with van der Waals surface area (Å²) in [5, 5.41) is 10.1. The van der Waals surface area contributed by atoms with E-state index in [2.05, 4.69) is 16.8 Å². The number of benzene rings is 1. The Bertz CT molecular complexity index is 501. The predicted molar refractivity (Wildman–Crippen MR) is 87.1 cm³/mol. The van der Waals surface area contributed by atoms with Gasteiger partial charge in [0.2, 0.25) is 0 Å². The summed E-state index contributed by atoms with van der Waals surface area (Å²) in [6, 6.07) is 7.63. The van der Waals surface area contributed by atoms with Crippen molar-refractivity contribution in [2.75, 3.05) is 59.6 Å². The molecule has 2 unspecified atom stereocenters. The van der Waals surface area contributed by atoms with Gasteiger partial charge in [-0.15, -0.1) is 0 Å². The molecule has 0 saturated carbocycles. The molecule has 0 spiro atoms. The number of nitrogens with zero attached hydrogens (tertiary/aromatic N) is 2. The van der Waals surface area contributed by atoms with E-state index < -0.39 is 6.10 Å².